The summed E-state index contributed by atoms with van der Waals surface area (Å²) < 4.78 is 52.5. The van der Waals surface area contributed by atoms with E-state index in [1.54, 1.807) is 13.1 Å². The lowest BCUT2D eigenvalue weighted by Crippen LogP contribution is -2.21. The molecule has 0 aliphatic carbocycles. The van der Waals surface area contributed by atoms with Gasteiger partial charge in [0.1, 0.15) is 5.82 Å². The molecule has 0 spiro atoms. The molecule has 0 aliphatic rings. The van der Waals surface area contributed by atoms with Gasteiger partial charge in [-0.1, -0.05) is 0 Å². The number of alkyl halides is 3. The molecule has 0 saturated heterocycles. The molecule has 1 N–H and O–H groups in total. The van der Waals surface area contributed by atoms with Crippen LogP contribution in [0.3, 0.4) is 0 Å². The zero-order chi connectivity index (χ0) is 14.9. The van der Waals surface area contributed by atoms with Crippen LogP contribution in [0, 0.1) is 12.7 Å². The molecule has 2 rings (SSSR count). The molecule has 0 bridgehead atoms. The number of aryl methyl sites for hydroxylation is 1. The van der Waals surface area contributed by atoms with Crippen LogP contribution in [0.4, 0.5) is 17.6 Å². The first-order chi connectivity index (χ1) is 9.32. The Morgan fingerprint density at radius 2 is 1.85 bits per heavy atom. The number of hydrogen-bond acceptors (Lipinski definition) is 2. The second kappa shape index (κ2) is 5.54. The van der Waals surface area contributed by atoms with Gasteiger partial charge < -0.3 is 5.32 Å². The van der Waals surface area contributed by atoms with Crippen molar-refractivity contribution in [1.29, 1.82) is 0 Å². The van der Waals surface area contributed by atoms with E-state index in [2.05, 4.69) is 5.32 Å². The summed E-state index contributed by atoms with van der Waals surface area (Å²) in [5.74, 6) is -0.679. The molecule has 0 aliphatic heterocycles. The number of halogens is 4. The van der Waals surface area contributed by atoms with Crippen LogP contribution >= 0.6 is 11.3 Å². The second-order valence-electron chi connectivity index (χ2n) is 4.40. The molecule has 1 aromatic carbocycles. The fourth-order valence-corrected chi connectivity index (χ4v) is 3.10. The van der Waals surface area contributed by atoms with Crippen LogP contribution in [0.5, 0.6) is 0 Å². The van der Waals surface area contributed by atoms with Crippen molar-refractivity contribution in [1.82, 2.24) is 5.32 Å². The van der Waals surface area contributed by atoms with Crippen molar-refractivity contribution < 1.29 is 17.6 Å². The minimum atomic E-state index is -4.51. The Balaban J connectivity index is 2.56. The van der Waals surface area contributed by atoms with Crippen molar-refractivity contribution in [2.45, 2.75) is 19.1 Å². The molecule has 20 heavy (non-hydrogen) atoms. The van der Waals surface area contributed by atoms with Gasteiger partial charge in [0, 0.05) is 9.75 Å². The Labute approximate surface area is 118 Å². The lowest BCUT2D eigenvalue weighted by atomic mass is 9.98. The van der Waals surface area contributed by atoms with Gasteiger partial charge in [-0.05, 0) is 49.9 Å². The Morgan fingerprint density at radius 1 is 1.15 bits per heavy atom. The smallest absolute Gasteiger partial charge is 0.309 e. The highest BCUT2D eigenvalue weighted by molar-refractivity contribution is 7.12. The topological polar surface area (TPSA) is 12.0 Å². The van der Waals surface area contributed by atoms with Crippen LogP contribution in [0.15, 0.2) is 30.3 Å². The van der Waals surface area contributed by atoms with Crippen molar-refractivity contribution in [2.75, 3.05) is 7.05 Å². The molecule has 1 nitrogen and oxygen atoms in total. The Morgan fingerprint density at radius 3 is 2.35 bits per heavy atom. The molecule has 1 aromatic heterocycles. The first kappa shape index (κ1) is 15.0. The number of rotatable bonds is 3. The maximum absolute atomic E-state index is 13.4. The molecule has 1 unspecified atom stereocenters. The fourth-order valence-electron chi connectivity index (χ4n) is 2.09. The number of nitrogens with one attached hydrogen (secondary N) is 1. The Kier molecular flexibility index (Phi) is 4.15. The molecule has 1 atom stereocenters. The third-order valence-corrected chi connectivity index (χ3v) is 4.03. The Hall–Kier alpha value is -1.40. The predicted molar refractivity (Wildman–Crippen MR) is 71.4 cm³/mol. The third kappa shape index (κ3) is 3.02. The maximum atomic E-state index is 13.4. The number of thiophene rings is 1. The lowest BCUT2D eigenvalue weighted by Gasteiger charge is -2.20. The monoisotopic (exact) mass is 303 g/mol. The summed E-state index contributed by atoms with van der Waals surface area (Å²) in [4.78, 5) is 1.71. The molecule has 0 radical (unpaired) electrons. The van der Waals surface area contributed by atoms with E-state index < -0.39 is 23.6 Å². The van der Waals surface area contributed by atoms with E-state index in [1.165, 1.54) is 11.3 Å². The highest BCUT2D eigenvalue weighted by Gasteiger charge is 2.35. The summed E-state index contributed by atoms with van der Waals surface area (Å²) in [6.45, 7) is 1.87. The van der Waals surface area contributed by atoms with Crippen LogP contribution in [0.25, 0.3) is 0 Å². The van der Waals surface area contributed by atoms with Gasteiger partial charge in [-0.3, -0.25) is 0 Å². The average molecular weight is 303 g/mol. The molecule has 0 fully saturated rings. The van der Waals surface area contributed by atoms with Crippen molar-refractivity contribution in [3.63, 3.8) is 0 Å². The number of hydrogen-bond donors (Lipinski definition) is 1. The first-order valence-corrected chi connectivity index (χ1v) is 6.75. The molecule has 0 saturated carbocycles. The summed E-state index contributed by atoms with van der Waals surface area (Å²) in [5.41, 5.74) is -0.911. The Bertz CT molecular complexity index is 603. The second-order valence-corrected chi connectivity index (χ2v) is 5.72. The maximum Gasteiger partial charge on any atom is 0.416 e. The highest BCUT2D eigenvalue weighted by atomic mass is 32.1. The van der Waals surface area contributed by atoms with Gasteiger partial charge in [0.15, 0.2) is 0 Å². The van der Waals surface area contributed by atoms with E-state index in [-0.39, 0.29) is 5.56 Å². The summed E-state index contributed by atoms with van der Waals surface area (Å²) >= 11 is 1.39. The minimum Gasteiger partial charge on any atom is -0.309 e. The van der Waals surface area contributed by atoms with Gasteiger partial charge in [0.2, 0.25) is 0 Å². The minimum absolute atomic E-state index is 0.0955. The van der Waals surface area contributed by atoms with Crippen molar-refractivity contribution in [2.24, 2.45) is 0 Å². The van der Waals surface area contributed by atoms with Gasteiger partial charge in [0.25, 0.3) is 0 Å². The van der Waals surface area contributed by atoms with E-state index in [1.807, 2.05) is 13.0 Å². The SMILES string of the molecule is CNC(c1ccc(C)s1)c1cc(F)ccc1C(F)(F)F. The first-order valence-electron chi connectivity index (χ1n) is 5.93. The summed E-state index contributed by atoms with van der Waals surface area (Å²) in [6.07, 6.45) is -4.51. The van der Waals surface area contributed by atoms with Crippen molar-refractivity contribution >= 4 is 11.3 Å². The third-order valence-electron chi connectivity index (χ3n) is 2.96. The molecule has 0 amide bonds. The summed E-state index contributed by atoms with van der Waals surface area (Å²) in [7, 11) is 1.56. The highest BCUT2D eigenvalue weighted by Crippen LogP contribution is 2.38. The van der Waals surface area contributed by atoms with Crippen molar-refractivity contribution in [3.05, 3.63) is 57.0 Å². The fraction of sp³-hybridized carbons (Fsp3) is 0.286. The van der Waals surface area contributed by atoms with E-state index in [9.17, 15) is 17.6 Å². The molecular formula is C14H13F4NS. The van der Waals surface area contributed by atoms with Crippen LogP contribution < -0.4 is 5.32 Å². The van der Waals surface area contributed by atoms with Gasteiger partial charge in [-0.15, -0.1) is 11.3 Å². The molecule has 108 valence electrons. The van der Waals surface area contributed by atoms with Crippen LogP contribution in [0.1, 0.15) is 26.9 Å². The van der Waals surface area contributed by atoms with E-state index >= 15 is 0 Å². The lowest BCUT2D eigenvalue weighted by molar-refractivity contribution is -0.138. The van der Waals surface area contributed by atoms with Crippen molar-refractivity contribution in [3.8, 4) is 0 Å². The molecule has 6 heteroatoms. The van der Waals surface area contributed by atoms with Crippen LogP contribution in [-0.4, -0.2) is 7.05 Å². The van der Waals surface area contributed by atoms with Gasteiger partial charge in [-0.2, -0.15) is 13.2 Å². The van der Waals surface area contributed by atoms with Gasteiger partial charge >= 0.3 is 6.18 Å². The average Bonchev–Trinajstić information content (AvgIpc) is 2.75. The zero-order valence-corrected chi connectivity index (χ0v) is 11.7. The normalized spacial score (nSPS) is 13.5. The van der Waals surface area contributed by atoms with E-state index in [0.29, 0.717) is 0 Å². The largest absolute Gasteiger partial charge is 0.416 e. The van der Waals surface area contributed by atoms with E-state index in [4.69, 9.17) is 0 Å². The van der Waals surface area contributed by atoms with Crippen LogP contribution in [0.2, 0.25) is 0 Å². The zero-order valence-electron chi connectivity index (χ0n) is 10.9. The molecule has 1 heterocycles. The van der Waals surface area contributed by atoms with Gasteiger partial charge in [-0.25, -0.2) is 4.39 Å². The van der Waals surface area contributed by atoms with E-state index in [0.717, 1.165) is 28.0 Å². The number of benzene rings is 1. The quantitative estimate of drug-likeness (QED) is 0.822. The summed E-state index contributed by atoms with van der Waals surface area (Å²) in [5, 5.41) is 2.83. The molecule has 2 aromatic rings. The van der Waals surface area contributed by atoms with Gasteiger partial charge in [0.05, 0.1) is 11.6 Å². The molecular weight excluding hydrogens is 290 g/mol. The standard InChI is InChI=1S/C14H13F4NS/c1-8-3-6-12(20-8)13(19-2)10-7-9(15)4-5-11(10)14(16,17)18/h3-7,13,19H,1-2H3. The van der Waals surface area contributed by atoms with Crippen LogP contribution in [-0.2, 0) is 6.18 Å². The summed E-state index contributed by atoms with van der Waals surface area (Å²) in [6, 6.07) is 5.47. The predicted octanol–water partition coefficient (Wildman–Crippen LogP) is 4.52.